The van der Waals surface area contributed by atoms with Crippen molar-refractivity contribution in [2.45, 2.75) is 6.36 Å². The van der Waals surface area contributed by atoms with Gasteiger partial charge >= 0.3 is 12.4 Å². The van der Waals surface area contributed by atoms with Gasteiger partial charge in [-0.05, 0) is 54.6 Å². The third kappa shape index (κ3) is 9.03. The SMILES string of the molecule is CNCCN1CCNCC1.O=Cc1cc(-c2ccc(NC(=O)Nc3cccc(OC(F)(F)F)c3)cc2)c2cn[nH]c2c1. The predicted molar refractivity (Wildman–Crippen MR) is 156 cm³/mol. The quantitative estimate of drug-likeness (QED) is 0.191. The molecule has 1 aliphatic rings. The monoisotopic (exact) mass is 583 g/mol. The van der Waals surface area contributed by atoms with Crippen molar-refractivity contribution in [2.75, 3.05) is 56.9 Å². The van der Waals surface area contributed by atoms with E-state index in [1.165, 1.54) is 31.8 Å². The van der Waals surface area contributed by atoms with Crippen LogP contribution in [0.5, 0.6) is 5.75 Å². The van der Waals surface area contributed by atoms with Crippen LogP contribution in [-0.4, -0.2) is 80.1 Å². The van der Waals surface area contributed by atoms with Crippen molar-refractivity contribution < 1.29 is 27.5 Å². The summed E-state index contributed by atoms with van der Waals surface area (Å²) in [6.45, 7) is 7.04. The molecule has 10 nitrogen and oxygen atoms in total. The summed E-state index contributed by atoms with van der Waals surface area (Å²) in [5.74, 6) is -0.442. The van der Waals surface area contributed by atoms with Crippen LogP contribution < -0.4 is 26.0 Å². The van der Waals surface area contributed by atoms with Crippen molar-refractivity contribution in [3.8, 4) is 16.9 Å². The second-order valence-electron chi connectivity index (χ2n) is 9.44. The number of alkyl halides is 3. The number of hydrogen-bond donors (Lipinski definition) is 5. The van der Waals surface area contributed by atoms with Gasteiger partial charge in [-0.1, -0.05) is 18.2 Å². The number of H-pyrrole nitrogens is 1. The number of aldehydes is 1. The van der Waals surface area contributed by atoms with Gasteiger partial charge in [-0.2, -0.15) is 5.10 Å². The normalized spacial score (nSPS) is 13.6. The average molecular weight is 584 g/mol. The molecule has 4 aromatic rings. The van der Waals surface area contributed by atoms with Gasteiger partial charge in [0.05, 0.1) is 11.7 Å². The maximum atomic E-state index is 12.3. The highest BCUT2D eigenvalue weighted by atomic mass is 19.4. The number of carbonyl (C=O) groups excluding carboxylic acids is 2. The first-order valence-corrected chi connectivity index (χ1v) is 13.3. The molecule has 13 heteroatoms. The third-order valence-corrected chi connectivity index (χ3v) is 6.38. The minimum atomic E-state index is -4.82. The Morgan fingerprint density at radius 3 is 2.48 bits per heavy atom. The molecule has 1 saturated heterocycles. The Hall–Kier alpha value is -4.46. The zero-order valence-electron chi connectivity index (χ0n) is 22.9. The molecule has 0 radical (unpaired) electrons. The van der Waals surface area contributed by atoms with E-state index in [1.54, 1.807) is 42.6 Å². The van der Waals surface area contributed by atoms with Gasteiger partial charge < -0.3 is 26.0 Å². The van der Waals surface area contributed by atoms with E-state index >= 15 is 0 Å². The number of rotatable bonds is 8. The lowest BCUT2D eigenvalue weighted by molar-refractivity contribution is -0.274. The zero-order chi connectivity index (χ0) is 30.0. The van der Waals surface area contributed by atoms with Gasteiger partial charge in [-0.25, -0.2) is 4.79 Å². The molecule has 2 amide bonds. The summed E-state index contributed by atoms with van der Waals surface area (Å²) >= 11 is 0. The largest absolute Gasteiger partial charge is 0.573 e. The van der Waals surface area contributed by atoms with Crippen molar-refractivity contribution >= 4 is 34.6 Å². The third-order valence-electron chi connectivity index (χ3n) is 6.38. The van der Waals surface area contributed by atoms with E-state index in [2.05, 4.69) is 41.1 Å². The van der Waals surface area contributed by atoms with E-state index < -0.39 is 18.1 Å². The smallest absolute Gasteiger partial charge is 0.406 e. The van der Waals surface area contributed by atoms with Gasteiger partial charge in [-0.15, -0.1) is 13.2 Å². The molecule has 0 saturated carbocycles. The number of anilines is 2. The molecule has 0 unspecified atom stereocenters. The summed E-state index contributed by atoms with van der Waals surface area (Å²) in [6.07, 6.45) is -2.41. The first kappa shape index (κ1) is 30.5. The number of amides is 2. The molecule has 2 heterocycles. The Bertz CT molecular complexity index is 1470. The molecular formula is C29H32F3N7O3. The molecule has 0 spiro atoms. The van der Waals surface area contributed by atoms with Crippen LogP contribution in [0.4, 0.5) is 29.3 Å². The second kappa shape index (κ2) is 14.4. The van der Waals surface area contributed by atoms with Crippen LogP contribution in [0, 0.1) is 0 Å². The van der Waals surface area contributed by atoms with Crippen molar-refractivity contribution in [3.05, 3.63) is 72.4 Å². The lowest BCUT2D eigenvalue weighted by Gasteiger charge is -2.26. The maximum absolute atomic E-state index is 12.3. The van der Waals surface area contributed by atoms with E-state index in [9.17, 15) is 22.8 Å². The minimum absolute atomic E-state index is 0.133. The van der Waals surface area contributed by atoms with Crippen LogP contribution in [0.1, 0.15) is 10.4 Å². The Morgan fingerprint density at radius 1 is 1.05 bits per heavy atom. The second-order valence-corrected chi connectivity index (χ2v) is 9.44. The molecular weight excluding hydrogens is 551 g/mol. The summed E-state index contributed by atoms with van der Waals surface area (Å²) in [7, 11) is 2.00. The van der Waals surface area contributed by atoms with E-state index in [0.717, 1.165) is 60.1 Å². The van der Waals surface area contributed by atoms with Crippen LogP contribution in [0.25, 0.3) is 22.0 Å². The number of nitrogens with zero attached hydrogens (tertiary/aromatic N) is 2. The number of ether oxygens (including phenoxy) is 1. The fourth-order valence-electron chi connectivity index (χ4n) is 4.38. The topological polar surface area (TPSA) is 123 Å². The molecule has 0 bridgehead atoms. The van der Waals surface area contributed by atoms with Gasteiger partial charge in [0.1, 0.15) is 12.0 Å². The predicted octanol–water partition coefficient (Wildman–Crippen LogP) is 4.70. The summed E-state index contributed by atoms with van der Waals surface area (Å²) in [4.78, 5) is 25.9. The number of piperazine rings is 1. The fraction of sp³-hybridized carbons (Fsp3) is 0.276. The molecule has 1 fully saturated rings. The summed E-state index contributed by atoms with van der Waals surface area (Å²) in [5.41, 5.74) is 3.43. The molecule has 5 N–H and O–H groups in total. The first-order valence-electron chi connectivity index (χ1n) is 13.3. The molecule has 42 heavy (non-hydrogen) atoms. The summed E-state index contributed by atoms with van der Waals surface area (Å²) < 4.78 is 40.9. The van der Waals surface area contributed by atoms with Crippen molar-refractivity contribution in [3.63, 3.8) is 0 Å². The fourth-order valence-corrected chi connectivity index (χ4v) is 4.38. The molecule has 5 rings (SSSR count). The van der Waals surface area contributed by atoms with Crippen LogP contribution >= 0.6 is 0 Å². The number of nitrogens with one attached hydrogen (secondary N) is 5. The molecule has 0 aliphatic carbocycles. The number of urea groups is 1. The van der Waals surface area contributed by atoms with E-state index in [0.29, 0.717) is 11.3 Å². The molecule has 1 aromatic heterocycles. The van der Waals surface area contributed by atoms with E-state index in [4.69, 9.17) is 0 Å². The van der Waals surface area contributed by atoms with Crippen LogP contribution in [-0.2, 0) is 0 Å². The van der Waals surface area contributed by atoms with Crippen LogP contribution in [0.15, 0.2) is 66.9 Å². The van der Waals surface area contributed by atoms with E-state index in [1.807, 2.05) is 7.05 Å². The van der Waals surface area contributed by atoms with Crippen LogP contribution in [0.2, 0.25) is 0 Å². The Morgan fingerprint density at radius 2 is 1.79 bits per heavy atom. The summed E-state index contributed by atoms with van der Waals surface area (Å²) in [6, 6.07) is 14.6. The minimum Gasteiger partial charge on any atom is -0.406 e. The number of halogens is 3. The number of carbonyl (C=O) groups is 2. The molecule has 0 atom stereocenters. The highest BCUT2D eigenvalue weighted by molar-refractivity contribution is 6.01. The zero-order valence-corrected chi connectivity index (χ0v) is 22.9. The Balaban J connectivity index is 0.000000343. The van der Waals surface area contributed by atoms with Gasteiger partial charge in [-0.3, -0.25) is 14.8 Å². The van der Waals surface area contributed by atoms with Gasteiger partial charge in [0.25, 0.3) is 0 Å². The van der Waals surface area contributed by atoms with Gasteiger partial charge in [0.15, 0.2) is 0 Å². The van der Waals surface area contributed by atoms with Crippen LogP contribution in [0.3, 0.4) is 0 Å². The van der Waals surface area contributed by atoms with Crippen molar-refractivity contribution in [2.24, 2.45) is 0 Å². The highest BCUT2D eigenvalue weighted by Gasteiger charge is 2.31. The number of aromatic nitrogens is 2. The Kier molecular flexibility index (Phi) is 10.5. The molecule has 222 valence electrons. The Labute approximate surface area is 240 Å². The molecule has 3 aromatic carbocycles. The van der Waals surface area contributed by atoms with Crippen molar-refractivity contribution in [1.29, 1.82) is 0 Å². The highest BCUT2D eigenvalue weighted by Crippen LogP contribution is 2.30. The van der Waals surface area contributed by atoms with Gasteiger partial charge in [0, 0.05) is 67.7 Å². The lowest BCUT2D eigenvalue weighted by atomic mass is 9.99. The number of hydrogen-bond acceptors (Lipinski definition) is 7. The number of fused-ring (bicyclic) bond motifs is 1. The number of likely N-dealkylation sites (N-methyl/N-ethyl adjacent to an activating group) is 1. The van der Waals surface area contributed by atoms with E-state index in [-0.39, 0.29) is 5.69 Å². The number of benzene rings is 3. The molecule has 1 aliphatic heterocycles. The average Bonchev–Trinajstić information content (AvgIpc) is 3.45. The summed E-state index contributed by atoms with van der Waals surface area (Å²) in [5, 5.41) is 19.2. The maximum Gasteiger partial charge on any atom is 0.573 e. The van der Waals surface area contributed by atoms with Crippen molar-refractivity contribution in [1.82, 2.24) is 25.7 Å². The van der Waals surface area contributed by atoms with Gasteiger partial charge in [0.2, 0.25) is 0 Å². The lowest BCUT2D eigenvalue weighted by Crippen LogP contribution is -2.45. The number of aromatic amines is 1. The first-order chi connectivity index (χ1) is 20.2. The standard InChI is InChI=1S/C22H15F3N4O3.C7H17N3/c23-22(24,25)32-17-3-1-2-16(10-17)28-21(31)27-15-6-4-14(5-7-15)18-8-13(12-30)9-20-19(18)11-26-29-20;1-8-2-5-10-6-3-9-4-7-10/h1-12H,(H,26,29)(H2,27,28,31);8-9H,2-7H2,1H3.